The average Bonchev–Trinajstić information content (AvgIpc) is 2.88. The number of halogens is 3. The Morgan fingerprint density at radius 1 is 1.00 bits per heavy atom. The van der Waals surface area contributed by atoms with Crippen molar-refractivity contribution in [3.05, 3.63) is 41.3 Å². The van der Waals surface area contributed by atoms with Gasteiger partial charge in [-0.2, -0.15) is 18.3 Å². The summed E-state index contributed by atoms with van der Waals surface area (Å²) >= 11 is 0. The molecular formula is C17H16F3N3O2. The fourth-order valence-electron chi connectivity index (χ4n) is 2.78. The number of aromatic nitrogens is 3. The summed E-state index contributed by atoms with van der Waals surface area (Å²) < 4.78 is 51.3. The smallest absolute Gasteiger partial charge is 0.433 e. The Labute approximate surface area is 142 Å². The van der Waals surface area contributed by atoms with E-state index in [2.05, 4.69) is 10.1 Å². The number of hydrogen-bond acceptors (Lipinski definition) is 4. The van der Waals surface area contributed by atoms with Gasteiger partial charge in [0, 0.05) is 11.3 Å². The minimum atomic E-state index is -4.53. The van der Waals surface area contributed by atoms with E-state index in [0.29, 0.717) is 28.3 Å². The Morgan fingerprint density at radius 3 is 2.28 bits per heavy atom. The van der Waals surface area contributed by atoms with E-state index < -0.39 is 11.9 Å². The van der Waals surface area contributed by atoms with Crippen LogP contribution in [0.5, 0.6) is 11.5 Å². The summed E-state index contributed by atoms with van der Waals surface area (Å²) in [6.45, 7) is 3.17. The molecule has 0 atom stereocenters. The predicted octanol–water partition coefficient (Wildman–Crippen LogP) is 4.05. The lowest BCUT2D eigenvalue weighted by molar-refractivity contribution is -0.142. The number of alkyl halides is 3. The van der Waals surface area contributed by atoms with Crippen molar-refractivity contribution in [1.82, 2.24) is 14.6 Å². The van der Waals surface area contributed by atoms with E-state index in [0.717, 1.165) is 10.6 Å². The van der Waals surface area contributed by atoms with Gasteiger partial charge in [0.05, 0.1) is 19.9 Å². The summed E-state index contributed by atoms with van der Waals surface area (Å²) in [7, 11) is 3.01. The maximum atomic E-state index is 13.3. The Hall–Kier alpha value is -2.77. The molecule has 3 aromatic rings. The first-order valence-corrected chi connectivity index (χ1v) is 7.43. The number of rotatable bonds is 3. The van der Waals surface area contributed by atoms with Crippen LogP contribution >= 0.6 is 0 Å². The first kappa shape index (κ1) is 17.1. The molecule has 0 aliphatic heterocycles. The molecule has 0 aliphatic rings. The fraction of sp³-hybridized carbons (Fsp3) is 0.294. The second-order valence-corrected chi connectivity index (χ2v) is 5.55. The molecular weight excluding hydrogens is 335 g/mol. The molecule has 132 valence electrons. The zero-order valence-corrected chi connectivity index (χ0v) is 14.1. The van der Waals surface area contributed by atoms with Gasteiger partial charge < -0.3 is 9.47 Å². The van der Waals surface area contributed by atoms with Crippen LogP contribution in [0.2, 0.25) is 0 Å². The minimum absolute atomic E-state index is 0.150. The molecule has 1 aromatic carbocycles. The van der Waals surface area contributed by atoms with Gasteiger partial charge in [0.1, 0.15) is 5.69 Å². The summed E-state index contributed by atoms with van der Waals surface area (Å²) in [6.07, 6.45) is -4.53. The topological polar surface area (TPSA) is 48.7 Å². The molecule has 2 aromatic heterocycles. The van der Waals surface area contributed by atoms with E-state index >= 15 is 0 Å². The van der Waals surface area contributed by atoms with Crippen molar-refractivity contribution in [2.45, 2.75) is 20.0 Å². The molecule has 0 saturated carbocycles. The quantitative estimate of drug-likeness (QED) is 0.714. The molecule has 0 amide bonds. The van der Waals surface area contributed by atoms with E-state index in [1.165, 1.54) is 21.1 Å². The predicted molar refractivity (Wildman–Crippen MR) is 86.0 cm³/mol. The van der Waals surface area contributed by atoms with Crippen LogP contribution in [0.4, 0.5) is 13.2 Å². The van der Waals surface area contributed by atoms with Crippen molar-refractivity contribution in [2.75, 3.05) is 14.2 Å². The average molecular weight is 351 g/mol. The van der Waals surface area contributed by atoms with Gasteiger partial charge in [-0.05, 0) is 37.6 Å². The largest absolute Gasteiger partial charge is 0.493 e. The van der Waals surface area contributed by atoms with Crippen molar-refractivity contribution >= 4 is 5.65 Å². The highest BCUT2D eigenvalue weighted by atomic mass is 19.4. The number of benzene rings is 1. The number of aryl methyl sites for hydroxylation is 2. The molecule has 5 nitrogen and oxygen atoms in total. The molecule has 2 heterocycles. The second kappa shape index (κ2) is 5.94. The number of hydrogen-bond donors (Lipinski definition) is 0. The lowest BCUT2D eigenvalue weighted by Crippen LogP contribution is -2.13. The van der Waals surface area contributed by atoms with Crippen molar-refractivity contribution in [2.24, 2.45) is 0 Å². The number of ether oxygens (including phenoxy) is 2. The molecule has 8 heteroatoms. The van der Waals surface area contributed by atoms with Crippen LogP contribution in [0, 0.1) is 13.8 Å². The maximum Gasteiger partial charge on any atom is 0.433 e. The van der Waals surface area contributed by atoms with Crippen LogP contribution in [0.3, 0.4) is 0 Å². The minimum Gasteiger partial charge on any atom is -0.493 e. The third-order valence-electron chi connectivity index (χ3n) is 3.85. The van der Waals surface area contributed by atoms with E-state index in [1.807, 2.05) is 0 Å². The van der Waals surface area contributed by atoms with E-state index in [9.17, 15) is 13.2 Å². The highest BCUT2D eigenvalue weighted by molar-refractivity contribution is 5.81. The fourth-order valence-corrected chi connectivity index (χ4v) is 2.78. The molecule has 0 spiro atoms. The van der Waals surface area contributed by atoms with E-state index in [-0.39, 0.29) is 11.3 Å². The molecule has 0 fully saturated rings. The first-order valence-electron chi connectivity index (χ1n) is 7.43. The maximum absolute atomic E-state index is 13.3. The molecule has 0 bridgehead atoms. The second-order valence-electron chi connectivity index (χ2n) is 5.55. The van der Waals surface area contributed by atoms with Gasteiger partial charge in [0.15, 0.2) is 17.1 Å². The van der Waals surface area contributed by atoms with Crippen LogP contribution in [0.25, 0.3) is 16.8 Å². The van der Waals surface area contributed by atoms with Crippen molar-refractivity contribution < 1.29 is 22.6 Å². The zero-order valence-electron chi connectivity index (χ0n) is 14.1. The van der Waals surface area contributed by atoms with Crippen LogP contribution in [-0.4, -0.2) is 28.8 Å². The monoisotopic (exact) mass is 351 g/mol. The Bertz CT molecular complexity index is 948. The van der Waals surface area contributed by atoms with Crippen molar-refractivity contribution in [3.63, 3.8) is 0 Å². The summed E-state index contributed by atoms with van der Waals surface area (Å²) in [6, 6.07) is 6.11. The lowest BCUT2D eigenvalue weighted by atomic mass is 10.1. The molecule has 0 N–H and O–H groups in total. The third kappa shape index (κ3) is 2.88. The van der Waals surface area contributed by atoms with Crippen molar-refractivity contribution in [1.29, 1.82) is 0 Å². The number of fused-ring (bicyclic) bond motifs is 1. The molecule has 0 saturated heterocycles. The Balaban J connectivity index is 2.31. The summed E-state index contributed by atoms with van der Waals surface area (Å²) in [4.78, 5) is 4.27. The summed E-state index contributed by atoms with van der Waals surface area (Å²) in [5, 5.41) is 4.06. The normalized spacial score (nSPS) is 11.8. The van der Waals surface area contributed by atoms with Gasteiger partial charge >= 0.3 is 6.18 Å². The zero-order chi connectivity index (χ0) is 18.4. The highest BCUT2D eigenvalue weighted by Crippen LogP contribution is 2.37. The lowest BCUT2D eigenvalue weighted by Gasteiger charge is -2.11. The van der Waals surface area contributed by atoms with Gasteiger partial charge in [-0.25, -0.2) is 9.50 Å². The molecule has 0 aliphatic carbocycles. The van der Waals surface area contributed by atoms with Gasteiger partial charge in [-0.15, -0.1) is 0 Å². The van der Waals surface area contributed by atoms with Crippen molar-refractivity contribution in [3.8, 4) is 22.6 Å². The van der Waals surface area contributed by atoms with E-state index in [1.54, 1.807) is 25.1 Å². The van der Waals surface area contributed by atoms with Gasteiger partial charge in [0.25, 0.3) is 0 Å². The van der Waals surface area contributed by atoms with Gasteiger partial charge in [-0.1, -0.05) is 6.07 Å². The standard InChI is InChI=1S/C17H16F3N3O2/c1-9-7-14(17(18,19)20)23-16(21-9)15(10(2)22-23)11-5-6-12(24-3)13(8-11)25-4/h5-8H,1-4H3. The summed E-state index contributed by atoms with van der Waals surface area (Å²) in [5.41, 5.74) is 1.17. The molecule has 25 heavy (non-hydrogen) atoms. The van der Waals surface area contributed by atoms with Gasteiger partial charge in [-0.3, -0.25) is 0 Å². The first-order chi connectivity index (χ1) is 11.8. The molecule has 0 unspecified atom stereocenters. The molecule has 3 rings (SSSR count). The molecule has 0 radical (unpaired) electrons. The van der Waals surface area contributed by atoms with Crippen LogP contribution in [0.1, 0.15) is 17.1 Å². The van der Waals surface area contributed by atoms with Crippen LogP contribution < -0.4 is 9.47 Å². The van der Waals surface area contributed by atoms with E-state index in [4.69, 9.17) is 9.47 Å². The third-order valence-corrected chi connectivity index (χ3v) is 3.85. The van der Waals surface area contributed by atoms with Crippen LogP contribution in [0.15, 0.2) is 24.3 Å². The SMILES string of the molecule is COc1ccc(-c2c(C)nn3c(C(F)(F)F)cc(C)nc23)cc1OC. The number of methoxy groups -OCH3 is 2. The Morgan fingerprint density at radius 2 is 1.68 bits per heavy atom. The number of nitrogens with zero attached hydrogens (tertiary/aromatic N) is 3. The summed E-state index contributed by atoms with van der Waals surface area (Å²) in [5.74, 6) is 1.00. The highest BCUT2D eigenvalue weighted by Gasteiger charge is 2.35. The van der Waals surface area contributed by atoms with Crippen LogP contribution in [-0.2, 0) is 6.18 Å². The Kier molecular flexibility index (Phi) is 4.06. The van der Waals surface area contributed by atoms with Gasteiger partial charge in [0.2, 0.25) is 0 Å².